The van der Waals surface area contributed by atoms with Gasteiger partial charge in [-0.2, -0.15) is 0 Å². The Balaban J connectivity index is 2.78. The molecule has 0 radical (unpaired) electrons. The van der Waals surface area contributed by atoms with Gasteiger partial charge in [0.1, 0.15) is 5.85 Å². The van der Waals surface area contributed by atoms with E-state index in [1.54, 1.807) is 0 Å². The zero-order valence-corrected chi connectivity index (χ0v) is 14.1. The van der Waals surface area contributed by atoms with E-state index in [0.29, 0.717) is 5.85 Å². The zero-order chi connectivity index (χ0) is 11.9. The lowest BCUT2D eigenvalue weighted by Crippen LogP contribution is -2.51. The Kier molecular flexibility index (Phi) is 4.03. The topological polar surface area (TPSA) is 12.5 Å². The lowest BCUT2D eigenvalue weighted by atomic mass is 10.6. The van der Waals surface area contributed by atoms with Crippen molar-refractivity contribution in [2.75, 3.05) is 0 Å². The van der Waals surface area contributed by atoms with Crippen LogP contribution in [0.25, 0.3) is 0 Å². The molecule has 4 heteroatoms. The minimum absolute atomic E-state index is 0.123. The minimum Gasteiger partial charge on any atom is -0.342 e. The first-order chi connectivity index (χ1) is 6.68. The Morgan fingerprint density at radius 1 is 1.07 bits per heavy atom. The molecule has 0 amide bonds. The van der Waals surface area contributed by atoms with Gasteiger partial charge in [0.05, 0.1) is 24.3 Å². The van der Waals surface area contributed by atoms with Crippen LogP contribution in [0.5, 0.6) is 0 Å². The second-order valence-electron chi connectivity index (χ2n) is 6.52. The molecule has 1 aliphatic heterocycles. The van der Waals surface area contributed by atoms with Gasteiger partial charge in [-0.3, -0.25) is 0 Å². The summed E-state index contributed by atoms with van der Waals surface area (Å²) in [4.78, 5) is 0.946. The van der Waals surface area contributed by atoms with Gasteiger partial charge in [-0.15, -0.1) is 0 Å². The van der Waals surface area contributed by atoms with E-state index in [4.69, 9.17) is 4.52 Å². The molecule has 0 N–H and O–H groups in total. The molecule has 0 aliphatic carbocycles. The lowest BCUT2D eigenvalue weighted by molar-refractivity contribution is 0.509. The van der Waals surface area contributed by atoms with E-state index in [1.165, 1.54) is 0 Å². The van der Waals surface area contributed by atoms with Crippen molar-refractivity contribution >= 4 is 24.3 Å². The molecule has 15 heavy (non-hydrogen) atoms. The number of allylic oxidation sites excluding steroid dienone is 1. The normalized spacial score (nSPS) is 27.7. The Labute approximate surface area is 98.2 Å². The first kappa shape index (κ1) is 13.6. The van der Waals surface area contributed by atoms with Crippen LogP contribution in [0.4, 0.5) is 0 Å². The molecule has 0 aromatic carbocycles. The van der Waals surface area contributed by atoms with Crippen LogP contribution in [0.1, 0.15) is 6.92 Å². The van der Waals surface area contributed by atoms with E-state index in [1.807, 2.05) is 0 Å². The van der Waals surface area contributed by atoms with Gasteiger partial charge in [-0.25, -0.2) is 0 Å². The van der Waals surface area contributed by atoms with Crippen molar-refractivity contribution in [1.82, 2.24) is 0 Å². The summed E-state index contributed by atoms with van der Waals surface area (Å²) < 4.78 is 5.92. The summed E-state index contributed by atoms with van der Waals surface area (Å²) >= 11 is 0. The largest absolute Gasteiger partial charge is 0.342 e. The summed E-state index contributed by atoms with van der Waals surface area (Å²) in [5.41, 5.74) is 0. The maximum absolute atomic E-state index is 5.92. The summed E-state index contributed by atoms with van der Waals surface area (Å²) in [5, 5.41) is 0. The third kappa shape index (κ3) is 3.52. The summed E-state index contributed by atoms with van der Waals surface area (Å²) in [7, 11) is -2.25. The van der Waals surface area contributed by atoms with Gasteiger partial charge in [0.2, 0.25) is 0 Å². The third-order valence-electron chi connectivity index (χ3n) is 2.69. The highest BCUT2D eigenvalue weighted by atomic mass is 31.2. The molecule has 0 aromatic heterocycles. The molecule has 1 saturated heterocycles. The molecule has 88 valence electrons. The molecule has 1 aliphatic rings. The van der Waals surface area contributed by atoms with Crippen LogP contribution in [0.3, 0.4) is 0 Å². The van der Waals surface area contributed by atoms with Crippen LogP contribution >= 0.6 is 8.15 Å². The fourth-order valence-corrected chi connectivity index (χ4v) is 21.6. The minimum atomic E-state index is -1.06. The van der Waals surface area contributed by atoms with Gasteiger partial charge in [0, 0.05) is 0 Å². The van der Waals surface area contributed by atoms with E-state index in [2.05, 4.69) is 58.4 Å². The number of hydrogen-bond donors (Lipinski definition) is 0. The lowest BCUT2D eigenvalue weighted by Gasteiger charge is -2.37. The highest BCUT2D eigenvalue weighted by molar-refractivity contribution is 7.66. The molecule has 2 atom stereocenters. The first-order valence-electron chi connectivity index (χ1n) is 5.76. The van der Waals surface area contributed by atoms with Crippen molar-refractivity contribution < 1.29 is 4.52 Å². The average molecular weight is 260 g/mol. The molecule has 1 rings (SSSR count). The van der Waals surface area contributed by atoms with E-state index in [-0.39, 0.29) is 8.15 Å². The van der Waals surface area contributed by atoms with Crippen molar-refractivity contribution in [2.45, 2.75) is 57.0 Å². The van der Waals surface area contributed by atoms with Gasteiger partial charge in [-0.1, -0.05) is 51.4 Å². The van der Waals surface area contributed by atoms with Crippen LogP contribution < -0.4 is 0 Å². The van der Waals surface area contributed by atoms with Crippen molar-refractivity contribution in [3.8, 4) is 0 Å². The van der Waals surface area contributed by atoms with Crippen molar-refractivity contribution in [2.24, 2.45) is 0 Å². The molecule has 1 heterocycles. The monoisotopic (exact) mass is 260 g/mol. The van der Waals surface area contributed by atoms with Crippen LogP contribution in [0.15, 0.2) is 12.2 Å². The summed E-state index contributed by atoms with van der Waals surface area (Å²) in [6.07, 6.45) is 4.39. The molecular weight excluding hydrogens is 235 g/mol. The van der Waals surface area contributed by atoms with E-state index >= 15 is 0 Å². The average Bonchev–Trinajstić information content (AvgIpc) is 2.61. The van der Waals surface area contributed by atoms with Crippen molar-refractivity contribution in [3.63, 3.8) is 0 Å². The number of hydrogen-bond acceptors (Lipinski definition) is 1. The Bertz CT molecular complexity index is 238. The highest BCUT2D eigenvalue weighted by Crippen LogP contribution is 2.68. The molecule has 0 bridgehead atoms. The molecule has 1 nitrogen and oxygen atoms in total. The summed E-state index contributed by atoms with van der Waals surface area (Å²) in [5.74, 6) is 0.494. The fourth-order valence-electron chi connectivity index (χ4n) is 2.65. The van der Waals surface area contributed by atoms with Crippen LogP contribution in [-0.4, -0.2) is 26.9 Å². The standard InChI is InChI=1S/C11H25OPSi2/c1-8-9-10-12-13(10)11(14(2,3)4)15(5,6)7/h8-11H,1-7H3/b9-8+. The second kappa shape index (κ2) is 4.44. The van der Waals surface area contributed by atoms with Crippen LogP contribution in [-0.2, 0) is 4.52 Å². The molecule has 2 unspecified atom stereocenters. The van der Waals surface area contributed by atoms with Crippen molar-refractivity contribution in [1.29, 1.82) is 0 Å². The predicted molar refractivity (Wildman–Crippen MR) is 77.1 cm³/mol. The maximum Gasteiger partial charge on any atom is 0.123 e. The molecule has 0 aromatic rings. The van der Waals surface area contributed by atoms with Gasteiger partial charge in [0.15, 0.2) is 0 Å². The van der Waals surface area contributed by atoms with Gasteiger partial charge < -0.3 is 4.52 Å². The van der Waals surface area contributed by atoms with E-state index in [0.717, 1.165) is 4.91 Å². The fraction of sp³-hybridized carbons (Fsp3) is 0.818. The summed E-state index contributed by atoms with van der Waals surface area (Å²) in [6, 6.07) is 0. The van der Waals surface area contributed by atoms with Crippen molar-refractivity contribution in [3.05, 3.63) is 12.2 Å². The third-order valence-corrected chi connectivity index (χ3v) is 18.9. The Hall–Kier alpha value is 0.564. The van der Waals surface area contributed by atoms with Crippen LogP contribution in [0.2, 0.25) is 39.3 Å². The molecular formula is C11H25OPSi2. The quantitative estimate of drug-likeness (QED) is 0.315. The predicted octanol–water partition coefficient (Wildman–Crippen LogP) is 4.44. The second-order valence-corrected chi connectivity index (χ2v) is 20.6. The Morgan fingerprint density at radius 2 is 1.53 bits per heavy atom. The van der Waals surface area contributed by atoms with E-state index < -0.39 is 16.1 Å². The van der Waals surface area contributed by atoms with Gasteiger partial charge >= 0.3 is 0 Å². The SMILES string of the molecule is C/C=C/C1OP1C([Si](C)(C)C)[Si](C)(C)C. The molecule has 0 saturated carbocycles. The number of rotatable bonds is 4. The Morgan fingerprint density at radius 3 is 1.87 bits per heavy atom. The van der Waals surface area contributed by atoms with Gasteiger partial charge in [0.25, 0.3) is 0 Å². The highest BCUT2D eigenvalue weighted by Gasteiger charge is 2.53. The van der Waals surface area contributed by atoms with E-state index in [9.17, 15) is 0 Å². The zero-order valence-electron chi connectivity index (χ0n) is 11.2. The van der Waals surface area contributed by atoms with Gasteiger partial charge in [-0.05, 0) is 11.8 Å². The van der Waals surface area contributed by atoms with Crippen LogP contribution in [0, 0.1) is 0 Å². The molecule has 0 spiro atoms. The summed E-state index contributed by atoms with van der Waals surface area (Å²) in [6.45, 7) is 17.1. The molecule has 1 fully saturated rings. The smallest absolute Gasteiger partial charge is 0.123 e. The maximum atomic E-state index is 5.92. The first-order valence-corrected chi connectivity index (χ1v) is 14.3.